The highest BCUT2D eigenvalue weighted by atomic mass is 35.5. The normalized spacial score (nSPS) is 10.0. The molecule has 0 saturated heterocycles. The predicted molar refractivity (Wildman–Crippen MR) is 63.6 cm³/mol. The lowest BCUT2D eigenvalue weighted by molar-refractivity contribution is -0.145. The predicted octanol–water partition coefficient (Wildman–Crippen LogP) is 3.59. The van der Waals surface area contributed by atoms with Crippen molar-refractivity contribution >= 4 is 40.8 Å². The minimum Gasteiger partial charge on any atom is -0.480 e. The van der Waals surface area contributed by atoms with Gasteiger partial charge < -0.3 is 9.47 Å². The molecule has 6 heteroatoms. The lowest BCUT2D eigenvalue weighted by Crippen LogP contribution is -2.14. The molecule has 0 heterocycles. The third kappa shape index (κ3) is 3.74. The fraction of sp³-hybridized carbons (Fsp3) is 0.300. The van der Waals surface area contributed by atoms with Crippen LogP contribution in [0.25, 0.3) is 0 Å². The molecule has 16 heavy (non-hydrogen) atoms. The molecule has 0 N–H and O–H groups in total. The molecule has 0 aliphatic carbocycles. The van der Waals surface area contributed by atoms with Crippen molar-refractivity contribution in [1.29, 1.82) is 0 Å². The van der Waals surface area contributed by atoms with Gasteiger partial charge in [-0.3, -0.25) is 0 Å². The summed E-state index contributed by atoms with van der Waals surface area (Å²) in [6.07, 6.45) is 0. The van der Waals surface area contributed by atoms with E-state index in [4.69, 9.17) is 44.3 Å². The smallest absolute Gasteiger partial charge is 0.344 e. The largest absolute Gasteiger partial charge is 0.480 e. The van der Waals surface area contributed by atoms with Crippen LogP contribution in [-0.2, 0) is 9.53 Å². The summed E-state index contributed by atoms with van der Waals surface area (Å²) in [5.74, 6) is -0.172. The van der Waals surface area contributed by atoms with Crippen molar-refractivity contribution in [3.05, 3.63) is 27.2 Å². The summed E-state index contributed by atoms with van der Waals surface area (Å²) >= 11 is 17.4. The zero-order chi connectivity index (χ0) is 12.1. The van der Waals surface area contributed by atoms with Gasteiger partial charge in [0.05, 0.1) is 21.7 Å². The van der Waals surface area contributed by atoms with Crippen molar-refractivity contribution in [2.75, 3.05) is 13.2 Å². The van der Waals surface area contributed by atoms with Crippen LogP contribution in [0.1, 0.15) is 6.92 Å². The van der Waals surface area contributed by atoms with Gasteiger partial charge >= 0.3 is 5.97 Å². The van der Waals surface area contributed by atoms with Crippen molar-refractivity contribution in [1.82, 2.24) is 0 Å². The minimum atomic E-state index is -0.468. The highest BCUT2D eigenvalue weighted by Crippen LogP contribution is 2.33. The van der Waals surface area contributed by atoms with Gasteiger partial charge in [0.25, 0.3) is 0 Å². The fourth-order valence-electron chi connectivity index (χ4n) is 0.954. The molecule has 1 aromatic carbocycles. The molecule has 1 rings (SSSR count). The quantitative estimate of drug-likeness (QED) is 0.626. The summed E-state index contributed by atoms with van der Waals surface area (Å²) in [4.78, 5) is 11.0. The van der Waals surface area contributed by atoms with E-state index in [-0.39, 0.29) is 6.61 Å². The molecule has 0 unspecified atom stereocenters. The Hall–Kier alpha value is -0.640. The van der Waals surface area contributed by atoms with E-state index in [0.29, 0.717) is 27.4 Å². The number of halogens is 3. The van der Waals surface area contributed by atoms with Crippen molar-refractivity contribution in [3.63, 3.8) is 0 Å². The molecule has 0 atom stereocenters. The Morgan fingerprint density at radius 1 is 1.19 bits per heavy atom. The molecule has 0 aliphatic rings. The zero-order valence-corrected chi connectivity index (χ0v) is 10.7. The summed E-state index contributed by atoms with van der Waals surface area (Å²) in [7, 11) is 0. The van der Waals surface area contributed by atoms with Crippen LogP contribution in [0, 0.1) is 0 Å². The molecule has 0 bridgehead atoms. The summed E-state index contributed by atoms with van der Waals surface area (Å²) in [5.41, 5.74) is 0. The molecular formula is C10H9Cl3O3. The summed E-state index contributed by atoms with van der Waals surface area (Å²) in [5, 5.41) is 0.929. The van der Waals surface area contributed by atoms with E-state index in [1.54, 1.807) is 6.92 Å². The highest BCUT2D eigenvalue weighted by molar-refractivity contribution is 6.43. The van der Waals surface area contributed by atoms with E-state index in [0.717, 1.165) is 0 Å². The van der Waals surface area contributed by atoms with E-state index in [2.05, 4.69) is 0 Å². The van der Waals surface area contributed by atoms with Crippen LogP contribution < -0.4 is 4.74 Å². The summed E-state index contributed by atoms with van der Waals surface area (Å²) in [6.45, 7) is 1.80. The molecule has 88 valence electrons. The first-order chi connectivity index (χ1) is 7.54. The third-order valence-corrected chi connectivity index (χ3v) is 2.64. The monoisotopic (exact) mass is 282 g/mol. The number of benzene rings is 1. The van der Waals surface area contributed by atoms with E-state index >= 15 is 0 Å². The second-order valence-corrected chi connectivity index (χ2v) is 4.01. The third-order valence-electron chi connectivity index (χ3n) is 1.63. The second kappa shape index (κ2) is 6.18. The average molecular weight is 284 g/mol. The second-order valence-electron chi connectivity index (χ2n) is 2.79. The number of rotatable bonds is 4. The van der Waals surface area contributed by atoms with Crippen molar-refractivity contribution in [3.8, 4) is 5.75 Å². The maximum absolute atomic E-state index is 11.0. The number of carbonyl (C=O) groups is 1. The van der Waals surface area contributed by atoms with Crippen LogP contribution in [0.5, 0.6) is 5.75 Å². The number of carbonyl (C=O) groups excluding carboxylic acids is 1. The Balaban J connectivity index is 2.67. The Morgan fingerprint density at radius 3 is 2.44 bits per heavy atom. The first-order valence-electron chi connectivity index (χ1n) is 4.47. The average Bonchev–Trinajstić information content (AvgIpc) is 2.22. The van der Waals surface area contributed by atoms with Crippen molar-refractivity contribution < 1.29 is 14.3 Å². The maximum atomic E-state index is 11.0. The Kier molecular flexibility index (Phi) is 5.19. The Bertz CT molecular complexity index is 393. The number of ether oxygens (including phenoxy) is 2. The summed E-state index contributed by atoms with van der Waals surface area (Å²) in [6, 6.07) is 2.90. The maximum Gasteiger partial charge on any atom is 0.344 e. The van der Waals surface area contributed by atoms with Gasteiger partial charge in [-0.2, -0.15) is 0 Å². The highest BCUT2D eigenvalue weighted by Gasteiger charge is 2.09. The standard InChI is InChI=1S/C10H9Cl3O3/c1-2-15-10(14)5-16-9-4-7(12)6(11)3-8(9)13/h3-4H,2,5H2,1H3. The molecule has 0 saturated carbocycles. The van der Waals surface area contributed by atoms with Crippen LogP contribution in [0.4, 0.5) is 0 Å². The molecule has 0 aliphatic heterocycles. The molecule has 1 aromatic rings. The number of esters is 1. The van der Waals surface area contributed by atoms with E-state index < -0.39 is 5.97 Å². The van der Waals surface area contributed by atoms with Gasteiger partial charge in [-0.15, -0.1) is 0 Å². The van der Waals surface area contributed by atoms with Crippen LogP contribution in [0.15, 0.2) is 12.1 Å². The topological polar surface area (TPSA) is 35.5 Å². The molecule has 0 amide bonds. The molecular weight excluding hydrogens is 274 g/mol. The zero-order valence-electron chi connectivity index (χ0n) is 8.43. The first kappa shape index (κ1) is 13.4. The lowest BCUT2D eigenvalue weighted by Gasteiger charge is -2.08. The SMILES string of the molecule is CCOC(=O)COc1cc(Cl)c(Cl)cc1Cl. The minimum absolute atomic E-state index is 0.217. The molecule has 0 radical (unpaired) electrons. The number of hydrogen-bond donors (Lipinski definition) is 0. The van der Waals surface area contributed by atoms with Gasteiger partial charge in [0.2, 0.25) is 0 Å². The Morgan fingerprint density at radius 2 is 1.81 bits per heavy atom. The van der Waals surface area contributed by atoms with E-state index in [9.17, 15) is 4.79 Å². The van der Waals surface area contributed by atoms with Gasteiger partial charge in [0.1, 0.15) is 5.75 Å². The molecule has 0 spiro atoms. The van der Waals surface area contributed by atoms with Crippen LogP contribution in [0.2, 0.25) is 15.1 Å². The molecule has 0 fully saturated rings. The van der Waals surface area contributed by atoms with Gasteiger partial charge in [-0.05, 0) is 13.0 Å². The van der Waals surface area contributed by atoms with Gasteiger partial charge in [-0.1, -0.05) is 34.8 Å². The van der Waals surface area contributed by atoms with Gasteiger partial charge in [-0.25, -0.2) is 4.79 Å². The molecule has 0 aromatic heterocycles. The van der Waals surface area contributed by atoms with E-state index in [1.807, 2.05) is 0 Å². The number of hydrogen-bond acceptors (Lipinski definition) is 3. The van der Waals surface area contributed by atoms with E-state index in [1.165, 1.54) is 12.1 Å². The van der Waals surface area contributed by atoms with Gasteiger partial charge in [0.15, 0.2) is 6.61 Å². The van der Waals surface area contributed by atoms with Crippen LogP contribution in [0.3, 0.4) is 0 Å². The molecule has 3 nitrogen and oxygen atoms in total. The Labute approximate surface area is 108 Å². The lowest BCUT2D eigenvalue weighted by atomic mass is 10.3. The summed E-state index contributed by atoms with van der Waals surface area (Å²) < 4.78 is 9.83. The van der Waals surface area contributed by atoms with Crippen LogP contribution >= 0.6 is 34.8 Å². The van der Waals surface area contributed by atoms with Crippen LogP contribution in [-0.4, -0.2) is 19.2 Å². The van der Waals surface area contributed by atoms with Gasteiger partial charge in [0, 0.05) is 6.07 Å². The van der Waals surface area contributed by atoms with Crippen molar-refractivity contribution in [2.45, 2.75) is 6.92 Å². The first-order valence-corrected chi connectivity index (χ1v) is 5.61. The van der Waals surface area contributed by atoms with Crippen molar-refractivity contribution in [2.24, 2.45) is 0 Å². The fourth-order valence-corrected chi connectivity index (χ4v) is 1.55.